The zero-order valence-corrected chi connectivity index (χ0v) is 11.0. The monoisotopic (exact) mass is 215 g/mol. The Balaban J connectivity index is 3.67. The number of unbranched alkanes of at least 4 members (excludes halogenated alkanes) is 4. The Kier molecular flexibility index (Phi) is 8.07. The number of nitrogens with two attached hydrogens (primary N) is 1. The molecule has 2 atom stereocenters. The highest BCUT2D eigenvalue weighted by molar-refractivity contribution is 4.85. The molecule has 0 amide bonds. The van der Waals surface area contributed by atoms with E-state index in [0.29, 0.717) is 0 Å². The normalized spacial score (nSPS) is 17.4. The van der Waals surface area contributed by atoms with Gasteiger partial charge in [0.15, 0.2) is 0 Å². The van der Waals surface area contributed by atoms with Gasteiger partial charge in [0.2, 0.25) is 0 Å². The quantitative estimate of drug-likeness (QED) is 0.598. The average molecular weight is 215 g/mol. The minimum Gasteiger partial charge on any atom is -0.377 e. The highest BCUT2D eigenvalue weighted by Gasteiger charge is 2.28. The Bertz CT molecular complexity index is 143. The molecule has 2 unspecified atom stereocenters. The molecule has 0 radical (unpaired) electrons. The Hall–Kier alpha value is -0.0800. The first-order chi connectivity index (χ1) is 7.10. The molecule has 0 aromatic heterocycles. The van der Waals surface area contributed by atoms with Crippen LogP contribution in [0.2, 0.25) is 0 Å². The lowest BCUT2D eigenvalue weighted by atomic mass is 9.90. The predicted molar refractivity (Wildman–Crippen MR) is 67.1 cm³/mol. The van der Waals surface area contributed by atoms with Crippen molar-refractivity contribution in [2.45, 2.75) is 77.4 Å². The zero-order valence-electron chi connectivity index (χ0n) is 11.0. The molecular weight excluding hydrogens is 186 g/mol. The van der Waals surface area contributed by atoms with Gasteiger partial charge in [0, 0.05) is 13.2 Å². The van der Waals surface area contributed by atoms with Crippen LogP contribution < -0.4 is 5.73 Å². The van der Waals surface area contributed by atoms with Crippen LogP contribution in [-0.2, 0) is 4.74 Å². The summed E-state index contributed by atoms with van der Waals surface area (Å²) in [5.41, 5.74) is 6.03. The summed E-state index contributed by atoms with van der Waals surface area (Å²) >= 11 is 0. The molecule has 0 saturated heterocycles. The third-order valence-corrected chi connectivity index (χ3v) is 3.57. The highest BCUT2D eigenvalue weighted by atomic mass is 16.5. The second kappa shape index (κ2) is 8.12. The third-order valence-electron chi connectivity index (χ3n) is 3.57. The zero-order chi connectivity index (χ0) is 11.7. The third kappa shape index (κ3) is 5.53. The fraction of sp³-hybridized carbons (Fsp3) is 1.00. The van der Waals surface area contributed by atoms with Gasteiger partial charge in [0.1, 0.15) is 0 Å². The Morgan fingerprint density at radius 1 is 1.13 bits per heavy atom. The summed E-state index contributed by atoms with van der Waals surface area (Å²) in [5, 5.41) is 0. The fourth-order valence-corrected chi connectivity index (χ4v) is 1.83. The topological polar surface area (TPSA) is 35.2 Å². The lowest BCUT2D eigenvalue weighted by Gasteiger charge is -2.33. The maximum atomic E-state index is 6.16. The van der Waals surface area contributed by atoms with Crippen molar-refractivity contribution in [3.8, 4) is 0 Å². The van der Waals surface area contributed by atoms with Gasteiger partial charge in [-0.2, -0.15) is 0 Å². The van der Waals surface area contributed by atoms with Crippen LogP contribution in [0.4, 0.5) is 0 Å². The van der Waals surface area contributed by atoms with Crippen LogP contribution >= 0.6 is 0 Å². The minimum absolute atomic E-state index is 0.134. The van der Waals surface area contributed by atoms with Crippen LogP contribution in [0.15, 0.2) is 0 Å². The molecule has 0 aliphatic heterocycles. The average Bonchev–Trinajstić information content (AvgIpc) is 2.27. The van der Waals surface area contributed by atoms with Gasteiger partial charge in [-0.15, -0.1) is 0 Å². The van der Waals surface area contributed by atoms with Gasteiger partial charge in [-0.05, 0) is 19.8 Å². The van der Waals surface area contributed by atoms with E-state index in [1.54, 1.807) is 7.11 Å². The Morgan fingerprint density at radius 3 is 2.20 bits per heavy atom. The van der Waals surface area contributed by atoms with Gasteiger partial charge in [0.25, 0.3) is 0 Å². The molecule has 0 aromatic carbocycles. The molecule has 0 saturated carbocycles. The summed E-state index contributed by atoms with van der Waals surface area (Å²) in [7, 11) is 1.76. The number of hydrogen-bond donors (Lipinski definition) is 1. The summed E-state index contributed by atoms with van der Waals surface area (Å²) < 4.78 is 5.50. The van der Waals surface area contributed by atoms with Crippen LogP contribution in [0.1, 0.15) is 65.7 Å². The summed E-state index contributed by atoms with van der Waals surface area (Å²) in [4.78, 5) is 0. The standard InChI is InChI=1S/C13H29NO/c1-5-7-8-9-10-11-12(14)13(3,6-2)15-4/h12H,5-11,14H2,1-4H3. The Labute approximate surface area is 95.6 Å². The smallest absolute Gasteiger partial charge is 0.0798 e. The molecule has 2 N–H and O–H groups in total. The van der Waals surface area contributed by atoms with Crippen LogP contribution in [0.25, 0.3) is 0 Å². The van der Waals surface area contributed by atoms with E-state index in [4.69, 9.17) is 10.5 Å². The van der Waals surface area contributed by atoms with Crippen molar-refractivity contribution in [2.75, 3.05) is 7.11 Å². The van der Waals surface area contributed by atoms with Crippen molar-refractivity contribution < 1.29 is 4.74 Å². The summed E-state index contributed by atoms with van der Waals surface area (Å²) in [6, 6.07) is 0.175. The first-order valence-electron chi connectivity index (χ1n) is 6.41. The van der Waals surface area contributed by atoms with Crippen LogP contribution in [-0.4, -0.2) is 18.8 Å². The summed E-state index contributed by atoms with van der Waals surface area (Å²) in [6.07, 6.45) is 8.62. The molecule has 0 heterocycles. The summed E-state index contributed by atoms with van der Waals surface area (Å²) in [5.74, 6) is 0. The number of hydrogen-bond acceptors (Lipinski definition) is 2. The van der Waals surface area contributed by atoms with Gasteiger partial charge < -0.3 is 10.5 Å². The van der Waals surface area contributed by atoms with E-state index < -0.39 is 0 Å². The van der Waals surface area contributed by atoms with Gasteiger partial charge in [-0.1, -0.05) is 46.0 Å². The van der Waals surface area contributed by atoms with Crippen molar-refractivity contribution >= 4 is 0 Å². The largest absolute Gasteiger partial charge is 0.377 e. The van der Waals surface area contributed by atoms with E-state index in [9.17, 15) is 0 Å². The maximum Gasteiger partial charge on any atom is 0.0798 e. The maximum absolute atomic E-state index is 6.16. The van der Waals surface area contributed by atoms with E-state index >= 15 is 0 Å². The van der Waals surface area contributed by atoms with E-state index in [1.165, 1.54) is 32.1 Å². The van der Waals surface area contributed by atoms with Crippen LogP contribution in [0.3, 0.4) is 0 Å². The van der Waals surface area contributed by atoms with Crippen molar-refractivity contribution in [1.29, 1.82) is 0 Å². The second-order valence-electron chi connectivity index (χ2n) is 4.68. The van der Waals surface area contributed by atoms with Crippen LogP contribution in [0, 0.1) is 0 Å². The second-order valence-corrected chi connectivity index (χ2v) is 4.68. The molecule has 0 aliphatic carbocycles. The Morgan fingerprint density at radius 2 is 1.73 bits per heavy atom. The first-order valence-corrected chi connectivity index (χ1v) is 6.41. The highest BCUT2D eigenvalue weighted by Crippen LogP contribution is 2.21. The molecule has 92 valence electrons. The summed E-state index contributed by atoms with van der Waals surface area (Å²) in [6.45, 7) is 6.50. The minimum atomic E-state index is -0.134. The molecule has 0 fully saturated rings. The van der Waals surface area contributed by atoms with E-state index in [2.05, 4.69) is 20.8 Å². The molecular formula is C13H29NO. The van der Waals surface area contributed by atoms with Gasteiger partial charge in [-0.3, -0.25) is 0 Å². The fourth-order valence-electron chi connectivity index (χ4n) is 1.83. The molecule has 0 bridgehead atoms. The lowest BCUT2D eigenvalue weighted by molar-refractivity contribution is -0.0211. The van der Waals surface area contributed by atoms with Crippen molar-refractivity contribution in [3.63, 3.8) is 0 Å². The van der Waals surface area contributed by atoms with Crippen molar-refractivity contribution in [3.05, 3.63) is 0 Å². The molecule has 0 rings (SSSR count). The lowest BCUT2D eigenvalue weighted by Crippen LogP contribution is -2.46. The van der Waals surface area contributed by atoms with Crippen molar-refractivity contribution in [2.24, 2.45) is 5.73 Å². The van der Waals surface area contributed by atoms with Gasteiger partial charge >= 0.3 is 0 Å². The number of methoxy groups -OCH3 is 1. The van der Waals surface area contributed by atoms with Crippen LogP contribution in [0.5, 0.6) is 0 Å². The molecule has 0 spiro atoms. The van der Waals surface area contributed by atoms with Crippen molar-refractivity contribution in [1.82, 2.24) is 0 Å². The number of rotatable bonds is 9. The first kappa shape index (κ1) is 14.9. The van der Waals surface area contributed by atoms with E-state index in [-0.39, 0.29) is 11.6 Å². The predicted octanol–water partition coefficient (Wildman–Crippen LogP) is 3.49. The number of ether oxygens (including phenoxy) is 1. The SMILES string of the molecule is CCCCCCCC(N)C(C)(CC)OC. The molecule has 2 nitrogen and oxygen atoms in total. The van der Waals surface area contributed by atoms with Gasteiger partial charge in [-0.25, -0.2) is 0 Å². The van der Waals surface area contributed by atoms with Gasteiger partial charge in [0.05, 0.1) is 5.60 Å². The molecule has 2 heteroatoms. The van der Waals surface area contributed by atoms with E-state index in [0.717, 1.165) is 12.8 Å². The molecule has 15 heavy (non-hydrogen) atoms. The van der Waals surface area contributed by atoms with E-state index in [1.807, 2.05) is 0 Å². The molecule has 0 aliphatic rings. The molecule has 0 aromatic rings.